The third-order valence-electron chi connectivity index (χ3n) is 5.08. The van der Waals surface area contributed by atoms with E-state index in [9.17, 15) is 8.42 Å². The molecule has 3 rings (SSSR count). The summed E-state index contributed by atoms with van der Waals surface area (Å²) < 4.78 is 32.8. The molecule has 23 heavy (non-hydrogen) atoms. The third kappa shape index (κ3) is 4.55. The van der Waals surface area contributed by atoms with E-state index >= 15 is 0 Å². The molecule has 0 bridgehead atoms. The molecule has 4 nitrogen and oxygen atoms in total. The van der Waals surface area contributed by atoms with Gasteiger partial charge in [-0.05, 0) is 50.0 Å². The Hall–Kier alpha value is -0.910. The second-order valence-electron chi connectivity index (χ2n) is 6.77. The van der Waals surface area contributed by atoms with Gasteiger partial charge in [-0.1, -0.05) is 30.3 Å². The Labute approximate surface area is 139 Å². The second kappa shape index (κ2) is 7.77. The van der Waals surface area contributed by atoms with Crippen LogP contribution in [0.25, 0.3) is 0 Å². The van der Waals surface area contributed by atoms with Gasteiger partial charge in [0.15, 0.2) is 0 Å². The molecule has 1 atom stereocenters. The molecule has 5 heteroatoms. The maximum Gasteiger partial charge on any atom is 0.214 e. The van der Waals surface area contributed by atoms with Crippen molar-refractivity contribution in [1.82, 2.24) is 4.31 Å². The lowest BCUT2D eigenvalue weighted by molar-refractivity contribution is 0.0720. The molecule has 0 saturated carbocycles. The Bertz CT molecular complexity index is 582. The first-order valence-corrected chi connectivity index (χ1v) is 10.4. The molecule has 0 spiro atoms. The van der Waals surface area contributed by atoms with Crippen LogP contribution < -0.4 is 0 Å². The van der Waals surface area contributed by atoms with Gasteiger partial charge in [0.1, 0.15) is 0 Å². The van der Waals surface area contributed by atoms with Crippen molar-refractivity contribution in [2.24, 2.45) is 5.92 Å². The van der Waals surface area contributed by atoms with Crippen LogP contribution in [-0.2, 0) is 21.2 Å². The van der Waals surface area contributed by atoms with Crippen molar-refractivity contribution in [3.05, 3.63) is 35.9 Å². The lowest BCUT2D eigenvalue weighted by Gasteiger charge is -2.28. The summed E-state index contributed by atoms with van der Waals surface area (Å²) in [6, 6.07) is 10.5. The standard InChI is InChI=1S/C18H27NO3S/c20-23(21,15-17-10-13-22-14-11-17)19-12-4-7-18(19)9-8-16-5-2-1-3-6-16/h1-3,5-6,17-18H,4,7-15H2/t18-/m0/s1. The van der Waals surface area contributed by atoms with Crippen molar-refractivity contribution in [1.29, 1.82) is 0 Å². The number of sulfonamides is 1. The van der Waals surface area contributed by atoms with Crippen LogP contribution in [-0.4, -0.2) is 44.3 Å². The molecular formula is C18H27NO3S. The van der Waals surface area contributed by atoms with Crippen LogP contribution in [0.2, 0.25) is 0 Å². The van der Waals surface area contributed by atoms with Gasteiger partial charge in [-0.2, -0.15) is 4.31 Å². The van der Waals surface area contributed by atoms with Crippen LogP contribution in [0.5, 0.6) is 0 Å². The van der Waals surface area contributed by atoms with E-state index in [1.807, 2.05) is 18.2 Å². The first-order chi connectivity index (χ1) is 11.1. The van der Waals surface area contributed by atoms with E-state index in [-0.39, 0.29) is 12.0 Å². The van der Waals surface area contributed by atoms with E-state index in [0.29, 0.717) is 25.5 Å². The van der Waals surface area contributed by atoms with Crippen LogP contribution in [0.15, 0.2) is 30.3 Å². The molecule has 2 aliphatic rings. The summed E-state index contributed by atoms with van der Waals surface area (Å²) in [6.07, 6.45) is 5.63. The van der Waals surface area contributed by atoms with E-state index in [4.69, 9.17) is 4.74 Å². The molecular weight excluding hydrogens is 310 g/mol. The number of ether oxygens (including phenoxy) is 1. The Kier molecular flexibility index (Phi) is 5.72. The van der Waals surface area contributed by atoms with Gasteiger partial charge < -0.3 is 4.74 Å². The fourth-order valence-corrected chi connectivity index (χ4v) is 5.94. The molecule has 1 aromatic carbocycles. The van der Waals surface area contributed by atoms with Gasteiger partial charge in [0.05, 0.1) is 5.75 Å². The minimum Gasteiger partial charge on any atom is -0.381 e. The van der Waals surface area contributed by atoms with Gasteiger partial charge in [0, 0.05) is 25.8 Å². The van der Waals surface area contributed by atoms with Crippen LogP contribution in [0.1, 0.15) is 37.7 Å². The monoisotopic (exact) mass is 337 g/mol. The number of nitrogens with zero attached hydrogens (tertiary/aromatic N) is 1. The molecule has 2 aliphatic heterocycles. The maximum absolute atomic E-state index is 12.8. The van der Waals surface area contributed by atoms with Gasteiger partial charge in [0.25, 0.3) is 0 Å². The van der Waals surface area contributed by atoms with Crippen molar-refractivity contribution < 1.29 is 13.2 Å². The average molecular weight is 337 g/mol. The van der Waals surface area contributed by atoms with Gasteiger partial charge in [-0.3, -0.25) is 0 Å². The predicted molar refractivity (Wildman–Crippen MR) is 91.8 cm³/mol. The highest BCUT2D eigenvalue weighted by Gasteiger charge is 2.35. The first kappa shape index (κ1) is 16.9. The van der Waals surface area contributed by atoms with Gasteiger partial charge in [-0.15, -0.1) is 0 Å². The molecule has 0 radical (unpaired) electrons. The molecule has 0 aliphatic carbocycles. The topological polar surface area (TPSA) is 46.6 Å². The smallest absolute Gasteiger partial charge is 0.214 e. The van der Waals surface area contributed by atoms with Gasteiger partial charge in [-0.25, -0.2) is 8.42 Å². The van der Waals surface area contributed by atoms with E-state index in [1.54, 1.807) is 4.31 Å². The number of hydrogen-bond acceptors (Lipinski definition) is 3. The Balaban J connectivity index is 1.58. The molecule has 0 unspecified atom stereocenters. The van der Waals surface area contributed by atoms with Gasteiger partial charge >= 0.3 is 0 Å². The zero-order valence-corrected chi connectivity index (χ0v) is 14.5. The Morgan fingerprint density at radius 1 is 1.09 bits per heavy atom. The largest absolute Gasteiger partial charge is 0.381 e. The predicted octanol–water partition coefficient (Wildman–Crippen LogP) is 2.84. The molecule has 2 fully saturated rings. The Morgan fingerprint density at radius 2 is 1.83 bits per heavy atom. The zero-order chi connectivity index (χ0) is 16.1. The van der Waals surface area contributed by atoms with Crippen LogP contribution in [0.4, 0.5) is 0 Å². The number of hydrogen-bond donors (Lipinski definition) is 0. The maximum atomic E-state index is 12.8. The summed E-state index contributed by atoms with van der Waals surface area (Å²) >= 11 is 0. The number of benzene rings is 1. The summed E-state index contributed by atoms with van der Waals surface area (Å²) in [5.74, 6) is 0.571. The number of aryl methyl sites for hydroxylation is 1. The Morgan fingerprint density at radius 3 is 2.57 bits per heavy atom. The first-order valence-electron chi connectivity index (χ1n) is 8.76. The van der Waals surface area contributed by atoms with Crippen LogP contribution in [0.3, 0.4) is 0 Å². The molecule has 0 amide bonds. The van der Waals surface area contributed by atoms with E-state index < -0.39 is 10.0 Å². The molecule has 1 aromatic rings. The van der Waals surface area contributed by atoms with Crippen LogP contribution in [0, 0.1) is 5.92 Å². The summed E-state index contributed by atoms with van der Waals surface area (Å²) in [6.45, 7) is 2.11. The van der Waals surface area contributed by atoms with Crippen molar-refractivity contribution in [2.45, 2.75) is 44.6 Å². The van der Waals surface area contributed by atoms with Crippen LogP contribution >= 0.6 is 0 Å². The summed E-state index contributed by atoms with van der Waals surface area (Å²) in [5.41, 5.74) is 1.29. The fourth-order valence-electron chi connectivity index (χ4n) is 3.75. The zero-order valence-electron chi connectivity index (χ0n) is 13.7. The number of rotatable bonds is 6. The molecule has 0 aromatic heterocycles. The van der Waals surface area contributed by atoms with Crippen molar-refractivity contribution in [2.75, 3.05) is 25.5 Å². The van der Waals surface area contributed by atoms with E-state index in [0.717, 1.165) is 38.5 Å². The molecule has 2 saturated heterocycles. The molecule has 0 N–H and O–H groups in total. The lowest BCUT2D eigenvalue weighted by atomic mass is 10.0. The molecule has 2 heterocycles. The average Bonchev–Trinajstić information content (AvgIpc) is 3.04. The highest BCUT2D eigenvalue weighted by Crippen LogP contribution is 2.27. The lowest BCUT2D eigenvalue weighted by Crippen LogP contribution is -2.39. The highest BCUT2D eigenvalue weighted by atomic mass is 32.2. The minimum atomic E-state index is -3.14. The second-order valence-corrected chi connectivity index (χ2v) is 8.73. The van der Waals surface area contributed by atoms with Crippen molar-refractivity contribution >= 4 is 10.0 Å². The minimum absolute atomic E-state index is 0.181. The SMILES string of the molecule is O=S(=O)(CC1CCOCC1)N1CCC[C@H]1CCc1ccccc1. The van der Waals surface area contributed by atoms with Crippen molar-refractivity contribution in [3.8, 4) is 0 Å². The highest BCUT2D eigenvalue weighted by molar-refractivity contribution is 7.89. The van der Waals surface area contributed by atoms with E-state index in [1.165, 1.54) is 5.56 Å². The third-order valence-corrected chi connectivity index (χ3v) is 7.16. The fraction of sp³-hybridized carbons (Fsp3) is 0.667. The van der Waals surface area contributed by atoms with E-state index in [2.05, 4.69) is 12.1 Å². The van der Waals surface area contributed by atoms with Crippen molar-refractivity contribution in [3.63, 3.8) is 0 Å². The summed E-state index contributed by atoms with van der Waals surface area (Å²) in [4.78, 5) is 0. The summed E-state index contributed by atoms with van der Waals surface area (Å²) in [5, 5.41) is 0. The quantitative estimate of drug-likeness (QED) is 0.802. The summed E-state index contributed by atoms with van der Waals surface area (Å²) in [7, 11) is -3.14. The normalized spacial score (nSPS) is 24.1. The van der Waals surface area contributed by atoms with Gasteiger partial charge in [0.2, 0.25) is 10.0 Å². The molecule has 128 valence electrons.